The number of amidine groups is 1. The molecule has 3 N–H and O–H groups in total. The molecule has 0 atom stereocenters. The summed E-state index contributed by atoms with van der Waals surface area (Å²) in [5, 5.41) is 11.6. The van der Waals surface area contributed by atoms with Gasteiger partial charge in [-0.05, 0) is 40.5 Å². The molecule has 1 aromatic rings. The van der Waals surface area contributed by atoms with Crippen LogP contribution in [0.2, 0.25) is 0 Å². The van der Waals surface area contributed by atoms with Gasteiger partial charge in [0.2, 0.25) is 0 Å². The fourth-order valence-electron chi connectivity index (χ4n) is 1.41. The van der Waals surface area contributed by atoms with Crippen LogP contribution in [0.1, 0.15) is 25.3 Å². The molecule has 1 aromatic carbocycles. The van der Waals surface area contributed by atoms with Crippen LogP contribution in [0.4, 0.5) is 0 Å². The summed E-state index contributed by atoms with van der Waals surface area (Å²) in [7, 11) is 0. The summed E-state index contributed by atoms with van der Waals surface area (Å²) in [6.07, 6.45) is 2.20. The van der Waals surface area contributed by atoms with E-state index >= 15 is 0 Å². The fourth-order valence-corrected chi connectivity index (χ4v) is 1.98. The van der Waals surface area contributed by atoms with Gasteiger partial charge in [-0.25, -0.2) is 0 Å². The predicted molar refractivity (Wildman–Crippen MR) is 77.9 cm³/mol. The zero-order valence-corrected chi connectivity index (χ0v) is 12.5. The third kappa shape index (κ3) is 5.48. The molecule has 5 nitrogen and oxygen atoms in total. The summed E-state index contributed by atoms with van der Waals surface area (Å²) >= 11 is 3.35. The highest BCUT2D eigenvalue weighted by atomic mass is 79.9. The van der Waals surface area contributed by atoms with Crippen molar-refractivity contribution in [1.29, 1.82) is 0 Å². The first-order chi connectivity index (χ1) is 9.19. The van der Waals surface area contributed by atoms with Crippen LogP contribution < -0.4 is 10.5 Å². The molecule has 0 saturated carbocycles. The lowest BCUT2D eigenvalue weighted by molar-refractivity contribution is 0.0980. The second-order valence-electron chi connectivity index (χ2n) is 3.94. The quantitative estimate of drug-likeness (QED) is 0.252. The molecule has 0 aliphatic carbocycles. The lowest BCUT2D eigenvalue weighted by atomic mass is 10.2. The van der Waals surface area contributed by atoms with Gasteiger partial charge in [-0.2, -0.15) is 0 Å². The molecule has 0 bridgehead atoms. The monoisotopic (exact) mass is 330 g/mol. The van der Waals surface area contributed by atoms with Crippen LogP contribution in [-0.4, -0.2) is 30.9 Å². The Kier molecular flexibility index (Phi) is 7.28. The molecule has 0 aliphatic rings. The zero-order chi connectivity index (χ0) is 14.1. The van der Waals surface area contributed by atoms with Crippen molar-refractivity contribution in [3.8, 4) is 5.75 Å². The van der Waals surface area contributed by atoms with Crippen molar-refractivity contribution in [3.05, 3.63) is 28.2 Å². The molecular weight excluding hydrogens is 312 g/mol. The highest BCUT2D eigenvalue weighted by Crippen LogP contribution is 2.22. The third-order valence-electron chi connectivity index (χ3n) is 2.46. The molecule has 106 valence electrons. The van der Waals surface area contributed by atoms with Crippen molar-refractivity contribution in [2.45, 2.75) is 19.8 Å². The predicted octanol–water partition coefficient (Wildman–Crippen LogP) is 2.74. The SMILES string of the molecule is CCCCOCCOc1ccc(/C(N)=N/O)c(Br)c1. The first-order valence-electron chi connectivity index (χ1n) is 6.17. The van der Waals surface area contributed by atoms with Gasteiger partial charge in [-0.3, -0.25) is 0 Å². The average Bonchev–Trinajstić information content (AvgIpc) is 2.42. The molecule has 0 spiro atoms. The van der Waals surface area contributed by atoms with E-state index in [1.807, 2.05) is 0 Å². The summed E-state index contributed by atoms with van der Waals surface area (Å²) in [5.74, 6) is 0.766. The maximum Gasteiger partial charge on any atom is 0.171 e. The lowest BCUT2D eigenvalue weighted by Crippen LogP contribution is -2.14. The Morgan fingerprint density at radius 1 is 1.37 bits per heavy atom. The number of benzene rings is 1. The highest BCUT2D eigenvalue weighted by Gasteiger charge is 2.06. The van der Waals surface area contributed by atoms with Gasteiger partial charge in [0.1, 0.15) is 12.4 Å². The summed E-state index contributed by atoms with van der Waals surface area (Å²) < 4.78 is 11.6. The zero-order valence-electron chi connectivity index (χ0n) is 10.9. The molecule has 1 rings (SSSR count). The number of hydrogen-bond donors (Lipinski definition) is 2. The molecule has 0 unspecified atom stereocenters. The molecule has 0 heterocycles. The third-order valence-corrected chi connectivity index (χ3v) is 3.12. The van der Waals surface area contributed by atoms with Crippen LogP contribution in [0.3, 0.4) is 0 Å². The van der Waals surface area contributed by atoms with Crippen molar-refractivity contribution in [1.82, 2.24) is 0 Å². The van der Waals surface area contributed by atoms with Crippen LogP contribution in [0.15, 0.2) is 27.8 Å². The molecule has 0 amide bonds. The van der Waals surface area contributed by atoms with Crippen molar-refractivity contribution < 1.29 is 14.7 Å². The first kappa shape index (κ1) is 15.8. The Morgan fingerprint density at radius 3 is 2.79 bits per heavy atom. The maximum atomic E-state index is 8.62. The Labute approximate surface area is 121 Å². The Morgan fingerprint density at radius 2 is 2.16 bits per heavy atom. The average molecular weight is 331 g/mol. The van der Waals surface area contributed by atoms with E-state index in [1.165, 1.54) is 0 Å². The summed E-state index contributed by atoms with van der Waals surface area (Å²) in [4.78, 5) is 0. The van der Waals surface area contributed by atoms with Crippen LogP contribution >= 0.6 is 15.9 Å². The van der Waals surface area contributed by atoms with Gasteiger partial charge in [-0.1, -0.05) is 18.5 Å². The van der Waals surface area contributed by atoms with Crippen LogP contribution in [-0.2, 0) is 4.74 Å². The summed E-state index contributed by atoms with van der Waals surface area (Å²) in [6.45, 7) is 3.96. The molecule has 0 fully saturated rings. The van der Waals surface area contributed by atoms with Gasteiger partial charge >= 0.3 is 0 Å². The van der Waals surface area contributed by atoms with Gasteiger partial charge in [0.05, 0.1) is 6.61 Å². The number of hydrogen-bond acceptors (Lipinski definition) is 4. The van der Waals surface area contributed by atoms with E-state index in [-0.39, 0.29) is 5.84 Å². The van der Waals surface area contributed by atoms with Crippen LogP contribution in [0.25, 0.3) is 0 Å². The van der Waals surface area contributed by atoms with E-state index in [9.17, 15) is 0 Å². The standard InChI is InChI=1S/C13H19BrN2O3/c1-2-3-6-18-7-8-19-10-4-5-11(12(14)9-10)13(15)16-17/h4-5,9,17H,2-3,6-8H2,1H3,(H2,15,16). The maximum absolute atomic E-state index is 8.62. The van der Waals surface area contributed by atoms with E-state index in [0.29, 0.717) is 29.0 Å². The van der Waals surface area contributed by atoms with Gasteiger partial charge in [0.15, 0.2) is 5.84 Å². The second kappa shape index (κ2) is 8.77. The molecule has 0 saturated heterocycles. The summed E-state index contributed by atoms with van der Waals surface area (Å²) in [5.41, 5.74) is 6.14. The van der Waals surface area contributed by atoms with Gasteiger partial charge in [0.25, 0.3) is 0 Å². The molecular formula is C13H19BrN2O3. The number of unbranched alkanes of at least 4 members (excludes halogenated alkanes) is 1. The van der Waals surface area contributed by atoms with E-state index < -0.39 is 0 Å². The molecule has 0 aliphatic heterocycles. The molecule has 19 heavy (non-hydrogen) atoms. The number of nitrogens with zero attached hydrogens (tertiary/aromatic N) is 1. The van der Waals surface area contributed by atoms with Crippen molar-refractivity contribution in [3.63, 3.8) is 0 Å². The van der Waals surface area contributed by atoms with E-state index in [0.717, 1.165) is 19.4 Å². The number of ether oxygens (including phenoxy) is 2. The first-order valence-corrected chi connectivity index (χ1v) is 6.96. The topological polar surface area (TPSA) is 77.1 Å². The smallest absolute Gasteiger partial charge is 0.171 e. The summed E-state index contributed by atoms with van der Waals surface area (Å²) in [6, 6.07) is 5.27. The normalized spacial score (nSPS) is 11.6. The fraction of sp³-hybridized carbons (Fsp3) is 0.462. The van der Waals surface area contributed by atoms with Gasteiger partial charge in [0, 0.05) is 16.6 Å². The van der Waals surface area contributed by atoms with Crippen molar-refractivity contribution in [2.24, 2.45) is 10.9 Å². The Hall–Kier alpha value is -1.27. The lowest BCUT2D eigenvalue weighted by Gasteiger charge is -2.09. The number of halogens is 1. The minimum absolute atomic E-state index is 0.0568. The number of oxime groups is 1. The van der Waals surface area contributed by atoms with Crippen molar-refractivity contribution in [2.75, 3.05) is 19.8 Å². The molecule has 0 radical (unpaired) electrons. The largest absolute Gasteiger partial charge is 0.491 e. The van der Waals surface area contributed by atoms with Gasteiger partial charge in [-0.15, -0.1) is 0 Å². The Bertz CT molecular complexity index is 424. The van der Waals surface area contributed by atoms with E-state index in [2.05, 4.69) is 28.0 Å². The van der Waals surface area contributed by atoms with E-state index in [4.69, 9.17) is 20.4 Å². The van der Waals surface area contributed by atoms with Crippen LogP contribution in [0.5, 0.6) is 5.75 Å². The van der Waals surface area contributed by atoms with Crippen molar-refractivity contribution >= 4 is 21.8 Å². The van der Waals surface area contributed by atoms with Crippen LogP contribution in [0, 0.1) is 0 Å². The molecule has 6 heteroatoms. The minimum atomic E-state index is 0.0568. The number of nitrogens with two attached hydrogens (primary N) is 1. The molecule has 0 aromatic heterocycles. The minimum Gasteiger partial charge on any atom is -0.491 e. The number of rotatable bonds is 8. The highest BCUT2D eigenvalue weighted by molar-refractivity contribution is 9.10. The Balaban J connectivity index is 2.42. The van der Waals surface area contributed by atoms with E-state index in [1.54, 1.807) is 18.2 Å². The second-order valence-corrected chi connectivity index (χ2v) is 4.80. The van der Waals surface area contributed by atoms with Gasteiger partial charge < -0.3 is 20.4 Å².